The molecule has 0 atom stereocenters. The van der Waals surface area contributed by atoms with Crippen molar-refractivity contribution in [2.45, 2.75) is 19.3 Å². The third kappa shape index (κ3) is 8.23. The largest absolute Gasteiger partial charge is 4.00 e. The van der Waals surface area contributed by atoms with E-state index in [0.29, 0.717) is 0 Å². The van der Waals surface area contributed by atoms with Crippen molar-refractivity contribution < 1.29 is 26.2 Å². The topological polar surface area (TPSA) is 0 Å². The number of rotatable bonds is 2. The predicted octanol–water partition coefficient (Wildman–Crippen LogP) is 7.23. The second-order valence-electron chi connectivity index (χ2n) is 5.79. The third-order valence-electron chi connectivity index (χ3n) is 3.80. The second kappa shape index (κ2) is 13.6. The Labute approximate surface area is 196 Å². The van der Waals surface area contributed by atoms with E-state index in [2.05, 4.69) is 60.0 Å². The number of hydrogen-bond acceptors (Lipinski definition) is 2. The minimum absolute atomic E-state index is 0. The van der Waals surface area contributed by atoms with Crippen molar-refractivity contribution in [2.24, 2.45) is 0 Å². The van der Waals surface area contributed by atoms with E-state index in [1.165, 1.54) is 27.3 Å². The first kappa shape index (κ1) is 22.7. The van der Waals surface area contributed by atoms with Gasteiger partial charge in [-0.1, -0.05) is 29.0 Å². The van der Waals surface area contributed by atoms with E-state index in [0.717, 1.165) is 12.8 Å². The van der Waals surface area contributed by atoms with Gasteiger partial charge in [-0.05, 0) is 10.8 Å². The number of allylic oxidation sites excluding steroid dienone is 10. The average molecular weight is 476 g/mol. The fourth-order valence-electron chi connectivity index (χ4n) is 2.57. The van der Waals surface area contributed by atoms with Gasteiger partial charge in [-0.3, -0.25) is 11.1 Å². The minimum atomic E-state index is 0. The van der Waals surface area contributed by atoms with Crippen LogP contribution in [0.15, 0.2) is 94.8 Å². The number of thiophene rings is 2. The molecule has 0 amide bonds. The summed E-state index contributed by atoms with van der Waals surface area (Å²) in [5, 5.41) is 4.20. The van der Waals surface area contributed by atoms with Crippen LogP contribution >= 0.6 is 22.7 Å². The molecule has 3 aliphatic rings. The molecule has 2 aromatic rings. The molecule has 0 aromatic carbocycles. The van der Waals surface area contributed by atoms with Crippen molar-refractivity contribution in [3.8, 4) is 0 Å². The molecule has 0 aliphatic heterocycles. The molecule has 2 radical (unpaired) electrons. The molecule has 3 aliphatic carbocycles. The van der Waals surface area contributed by atoms with Crippen LogP contribution in [0.2, 0.25) is 0 Å². The normalized spacial score (nSPS) is 18.1. The Balaban J connectivity index is 0.000000209. The minimum Gasteiger partial charge on any atom is -0.255 e. The molecule has 136 valence electrons. The van der Waals surface area contributed by atoms with Crippen molar-refractivity contribution in [3.05, 3.63) is 130 Å². The first-order valence-electron chi connectivity index (χ1n) is 8.90. The van der Waals surface area contributed by atoms with E-state index in [9.17, 15) is 0 Å². The van der Waals surface area contributed by atoms with Crippen LogP contribution in [-0.2, 0) is 26.2 Å². The molecule has 0 saturated heterocycles. The van der Waals surface area contributed by atoms with E-state index in [1.54, 1.807) is 22.7 Å². The SMILES string of the molecule is [C-](=C1CCCC1=[C-]c1cccs1)c1cccs1.[C-]1C=CC=C1.[C-]1C=CC=C1.[Zr+4]. The maximum absolute atomic E-state index is 3.52. The zero-order valence-corrected chi connectivity index (χ0v) is 19.6. The molecule has 1 fully saturated rings. The summed E-state index contributed by atoms with van der Waals surface area (Å²) in [5.74, 6) is 0. The summed E-state index contributed by atoms with van der Waals surface area (Å²) >= 11 is 3.50. The molecule has 2 aromatic heterocycles. The maximum atomic E-state index is 3.52. The Morgan fingerprint density at radius 1 is 0.679 bits per heavy atom. The summed E-state index contributed by atoms with van der Waals surface area (Å²) in [5.41, 5.74) is 2.70. The van der Waals surface area contributed by atoms with E-state index < -0.39 is 0 Å². The van der Waals surface area contributed by atoms with Crippen LogP contribution in [0.25, 0.3) is 0 Å². The van der Waals surface area contributed by atoms with Crippen LogP contribution < -0.4 is 0 Å². The van der Waals surface area contributed by atoms with Crippen molar-refractivity contribution >= 4 is 22.7 Å². The van der Waals surface area contributed by atoms with Crippen molar-refractivity contribution in [1.29, 1.82) is 0 Å². The molecular weight excluding hydrogens is 456 g/mol. The smallest absolute Gasteiger partial charge is 0.255 e. The summed E-state index contributed by atoms with van der Waals surface area (Å²) in [6.45, 7) is 0. The Kier molecular flexibility index (Phi) is 11.1. The maximum Gasteiger partial charge on any atom is 4.00 e. The van der Waals surface area contributed by atoms with Crippen LogP contribution in [0.1, 0.15) is 29.0 Å². The molecule has 0 unspecified atom stereocenters. The van der Waals surface area contributed by atoms with Crippen molar-refractivity contribution in [1.82, 2.24) is 0 Å². The molecule has 1 saturated carbocycles. The zero-order chi connectivity index (χ0) is 18.6. The van der Waals surface area contributed by atoms with Crippen LogP contribution in [-0.4, -0.2) is 0 Å². The Hall–Kier alpha value is -1.54. The van der Waals surface area contributed by atoms with Crippen molar-refractivity contribution in [2.75, 3.05) is 0 Å². The molecule has 2 heterocycles. The second-order valence-corrected chi connectivity index (χ2v) is 7.68. The van der Waals surface area contributed by atoms with Gasteiger partial charge < -0.3 is 0 Å². The van der Waals surface area contributed by atoms with Crippen LogP contribution in [0, 0.1) is 25.0 Å². The zero-order valence-electron chi connectivity index (χ0n) is 15.5. The molecule has 5 rings (SSSR count). The molecular formula is C25H20S2Zr. The van der Waals surface area contributed by atoms with E-state index >= 15 is 0 Å². The fourth-order valence-corrected chi connectivity index (χ4v) is 3.86. The standard InChI is InChI=1S/C15H12S2.2C5H4.Zr/c1-4-12(10-14-6-2-8-16-14)13(5-1)11-15-7-3-9-17-15;2*1-2-4-5-3-1;/h2-3,6-9H,1,4-5H2;2*1-4H;/q-2;2*-1;+4. The molecule has 0 N–H and O–H groups in total. The monoisotopic (exact) mass is 474 g/mol. The van der Waals surface area contributed by atoms with Gasteiger partial charge in [0, 0.05) is 0 Å². The van der Waals surface area contributed by atoms with E-state index in [-0.39, 0.29) is 26.2 Å². The Bertz CT molecular complexity index is 752. The quantitative estimate of drug-likeness (QED) is 0.402. The van der Waals surface area contributed by atoms with Gasteiger partial charge >= 0.3 is 26.2 Å². The van der Waals surface area contributed by atoms with Gasteiger partial charge in [0.2, 0.25) is 0 Å². The van der Waals surface area contributed by atoms with Gasteiger partial charge in [0.25, 0.3) is 0 Å². The number of hydrogen-bond donors (Lipinski definition) is 0. The molecule has 0 nitrogen and oxygen atoms in total. The molecule has 0 bridgehead atoms. The van der Waals surface area contributed by atoms with Crippen molar-refractivity contribution in [3.63, 3.8) is 0 Å². The molecule has 0 spiro atoms. The Morgan fingerprint density at radius 3 is 1.39 bits per heavy atom. The van der Waals surface area contributed by atoms with Gasteiger partial charge in [0.05, 0.1) is 0 Å². The first-order chi connectivity index (χ1) is 13.4. The van der Waals surface area contributed by atoms with E-state index in [4.69, 9.17) is 0 Å². The van der Waals surface area contributed by atoms with Gasteiger partial charge in [-0.15, -0.1) is 24.3 Å². The van der Waals surface area contributed by atoms with Gasteiger partial charge in [-0.2, -0.15) is 59.8 Å². The van der Waals surface area contributed by atoms with Gasteiger partial charge in [0.1, 0.15) is 0 Å². The fraction of sp³-hybridized carbons (Fsp3) is 0.120. The Morgan fingerprint density at radius 2 is 1.11 bits per heavy atom. The summed E-state index contributed by atoms with van der Waals surface area (Å²) < 4.78 is 0. The average Bonchev–Trinajstić information content (AvgIpc) is 3.50. The summed E-state index contributed by atoms with van der Waals surface area (Å²) in [6.07, 6.45) is 31.6. The van der Waals surface area contributed by atoms with Crippen LogP contribution in [0.3, 0.4) is 0 Å². The van der Waals surface area contributed by atoms with Crippen LogP contribution in [0.4, 0.5) is 0 Å². The van der Waals surface area contributed by atoms with E-state index in [1.807, 2.05) is 48.6 Å². The predicted molar refractivity (Wildman–Crippen MR) is 117 cm³/mol. The van der Waals surface area contributed by atoms with Gasteiger partial charge in [0.15, 0.2) is 0 Å². The van der Waals surface area contributed by atoms with Crippen LogP contribution in [0.5, 0.6) is 0 Å². The molecule has 3 heteroatoms. The summed E-state index contributed by atoms with van der Waals surface area (Å²) in [4.78, 5) is 2.46. The summed E-state index contributed by atoms with van der Waals surface area (Å²) in [6, 6.07) is 8.40. The first-order valence-corrected chi connectivity index (χ1v) is 10.7. The van der Waals surface area contributed by atoms with Gasteiger partial charge in [-0.25, -0.2) is 36.5 Å². The molecule has 28 heavy (non-hydrogen) atoms. The third-order valence-corrected chi connectivity index (χ3v) is 5.37. The summed E-state index contributed by atoms with van der Waals surface area (Å²) in [7, 11) is 0.